The van der Waals surface area contributed by atoms with Gasteiger partial charge in [-0.3, -0.25) is 15.0 Å². The normalized spacial score (nSPS) is 20.0. The lowest BCUT2D eigenvalue weighted by Gasteiger charge is -2.22. The van der Waals surface area contributed by atoms with Crippen LogP contribution in [0.1, 0.15) is 28.4 Å². The molecular formula is C18H17N3O3. The van der Waals surface area contributed by atoms with Gasteiger partial charge in [-0.2, -0.15) is 5.01 Å². The molecule has 122 valence electrons. The second-order valence-corrected chi connectivity index (χ2v) is 5.82. The van der Waals surface area contributed by atoms with Gasteiger partial charge in [0.2, 0.25) is 0 Å². The molecule has 2 aromatic rings. The van der Waals surface area contributed by atoms with Crippen LogP contribution in [0.3, 0.4) is 0 Å². The van der Waals surface area contributed by atoms with Gasteiger partial charge in [-0.25, -0.2) is 4.79 Å². The molecule has 0 spiro atoms. The highest BCUT2D eigenvalue weighted by Crippen LogP contribution is 2.27. The summed E-state index contributed by atoms with van der Waals surface area (Å²) in [6.07, 6.45) is 0. The van der Waals surface area contributed by atoms with E-state index < -0.39 is 23.4 Å². The Morgan fingerprint density at radius 2 is 1.67 bits per heavy atom. The van der Waals surface area contributed by atoms with Crippen molar-refractivity contribution in [3.63, 3.8) is 0 Å². The molecule has 2 aromatic carbocycles. The van der Waals surface area contributed by atoms with Crippen LogP contribution in [-0.4, -0.2) is 22.9 Å². The van der Waals surface area contributed by atoms with E-state index >= 15 is 0 Å². The molecule has 0 aliphatic carbocycles. The van der Waals surface area contributed by atoms with Crippen molar-refractivity contribution in [1.82, 2.24) is 15.8 Å². The Morgan fingerprint density at radius 3 is 2.33 bits per heavy atom. The maximum atomic E-state index is 12.7. The molecular weight excluding hydrogens is 306 g/mol. The summed E-state index contributed by atoms with van der Waals surface area (Å²) in [5.41, 5.74) is 3.00. The van der Waals surface area contributed by atoms with E-state index in [1.165, 1.54) is 0 Å². The highest BCUT2D eigenvalue weighted by molar-refractivity contribution is 6.09. The quantitative estimate of drug-likeness (QED) is 0.849. The number of hydrogen-bond donors (Lipinski definition) is 2. The van der Waals surface area contributed by atoms with Crippen LogP contribution in [0.5, 0.6) is 0 Å². The van der Waals surface area contributed by atoms with Crippen molar-refractivity contribution in [3.8, 4) is 0 Å². The van der Waals surface area contributed by atoms with Crippen LogP contribution in [0.4, 0.5) is 4.79 Å². The molecule has 0 radical (unpaired) electrons. The van der Waals surface area contributed by atoms with Crippen molar-refractivity contribution in [2.75, 3.05) is 0 Å². The molecule has 0 bridgehead atoms. The van der Waals surface area contributed by atoms with Gasteiger partial charge >= 0.3 is 6.03 Å². The fourth-order valence-electron chi connectivity index (χ4n) is 2.70. The first kappa shape index (κ1) is 15.7. The fourth-order valence-corrected chi connectivity index (χ4v) is 2.70. The number of rotatable bonds is 3. The molecule has 1 unspecified atom stereocenters. The summed E-state index contributed by atoms with van der Waals surface area (Å²) in [6.45, 7) is 3.40. The van der Waals surface area contributed by atoms with Crippen molar-refractivity contribution >= 4 is 17.8 Å². The summed E-state index contributed by atoms with van der Waals surface area (Å²) in [7, 11) is 0. The molecule has 24 heavy (non-hydrogen) atoms. The van der Waals surface area contributed by atoms with Crippen molar-refractivity contribution in [2.24, 2.45) is 0 Å². The molecule has 1 aliphatic rings. The van der Waals surface area contributed by atoms with E-state index in [1.54, 1.807) is 56.3 Å². The average molecular weight is 323 g/mol. The molecule has 1 aliphatic heterocycles. The van der Waals surface area contributed by atoms with Gasteiger partial charge in [-0.1, -0.05) is 48.5 Å². The molecule has 4 amide bonds. The van der Waals surface area contributed by atoms with Crippen molar-refractivity contribution in [2.45, 2.75) is 19.4 Å². The van der Waals surface area contributed by atoms with Gasteiger partial charge in [0.15, 0.2) is 0 Å². The molecule has 6 nitrogen and oxygen atoms in total. The Bertz CT molecular complexity index is 819. The SMILES string of the molecule is Cc1ccccc1C(=O)NN1C(=O)NC(C)(c2ccccc2)C1=O. The first-order chi connectivity index (χ1) is 11.4. The monoisotopic (exact) mass is 323 g/mol. The number of benzene rings is 2. The van der Waals surface area contributed by atoms with Crippen LogP contribution in [0.2, 0.25) is 0 Å². The Kier molecular flexibility index (Phi) is 3.81. The summed E-state index contributed by atoms with van der Waals surface area (Å²) in [5.74, 6) is -1.03. The Morgan fingerprint density at radius 1 is 1.04 bits per heavy atom. The summed E-state index contributed by atoms with van der Waals surface area (Å²) in [5, 5.41) is 3.38. The Balaban J connectivity index is 1.85. The molecule has 1 atom stereocenters. The smallest absolute Gasteiger partial charge is 0.318 e. The minimum absolute atomic E-state index is 0.409. The predicted octanol–water partition coefficient (Wildman–Crippen LogP) is 2.11. The Hall–Kier alpha value is -3.15. The molecule has 1 heterocycles. The van der Waals surface area contributed by atoms with Gasteiger partial charge in [0, 0.05) is 5.56 Å². The van der Waals surface area contributed by atoms with Crippen LogP contribution in [0.25, 0.3) is 0 Å². The van der Waals surface area contributed by atoms with E-state index in [9.17, 15) is 14.4 Å². The maximum absolute atomic E-state index is 12.7. The molecule has 1 fully saturated rings. The van der Waals surface area contributed by atoms with E-state index in [-0.39, 0.29) is 0 Å². The van der Waals surface area contributed by atoms with Crippen molar-refractivity contribution in [3.05, 3.63) is 71.3 Å². The van der Waals surface area contributed by atoms with E-state index in [4.69, 9.17) is 0 Å². The summed E-state index contributed by atoms with van der Waals surface area (Å²) >= 11 is 0. The van der Waals surface area contributed by atoms with E-state index in [0.29, 0.717) is 11.1 Å². The van der Waals surface area contributed by atoms with Crippen LogP contribution in [0, 0.1) is 6.92 Å². The number of aryl methyl sites for hydroxylation is 1. The predicted molar refractivity (Wildman–Crippen MR) is 87.8 cm³/mol. The second kappa shape index (κ2) is 5.81. The lowest BCUT2D eigenvalue weighted by atomic mass is 9.92. The number of hydrazine groups is 1. The van der Waals surface area contributed by atoms with Crippen molar-refractivity contribution < 1.29 is 14.4 Å². The number of amides is 4. The standard InChI is InChI=1S/C18H17N3O3/c1-12-8-6-7-11-14(12)15(22)20-21-16(23)18(2,19-17(21)24)13-9-4-3-5-10-13/h3-11H,1-2H3,(H,19,24)(H,20,22). The first-order valence-electron chi connectivity index (χ1n) is 7.52. The molecule has 3 rings (SSSR count). The Labute approximate surface area is 139 Å². The lowest BCUT2D eigenvalue weighted by Crippen LogP contribution is -2.48. The minimum atomic E-state index is -1.21. The maximum Gasteiger partial charge on any atom is 0.344 e. The highest BCUT2D eigenvalue weighted by atomic mass is 16.2. The molecule has 0 aromatic heterocycles. The summed E-state index contributed by atoms with van der Waals surface area (Å²) in [6, 6.07) is 15.2. The van der Waals surface area contributed by atoms with Gasteiger partial charge in [-0.15, -0.1) is 0 Å². The van der Waals surface area contributed by atoms with Crippen LogP contribution in [0.15, 0.2) is 54.6 Å². The summed E-state index contributed by atoms with van der Waals surface area (Å²) < 4.78 is 0. The van der Waals surface area contributed by atoms with Crippen LogP contribution >= 0.6 is 0 Å². The van der Waals surface area contributed by atoms with Gasteiger partial charge in [-0.05, 0) is 31.0 Å². The number of carbonyl (C=O) groups excluding carboxylic acids is 3. The molecule has 1 saturated heterocycles. The van der Waals surface area contributed by atoms with Gasteiger partial charge in [0.25, 0.3) is 11.8 Å². The topological polar surface area (TPSA) is 78.5 Å². The molecule has 0 saturated carbocycles. The van der Waals surface area contributed by atoms with Gasteiger partial charge in [0.1, 0.15) is 5.54 Å². The van der Waals surface area contributed by atoms with Gasteiger partial charge in [0.05, 0.1) is 0 Å². The number of hydrogen-bond acceptors (Lipinski definition) is 3. The minimum Gasteiger partial charge on any atom is -0.318 e. The average Bonchev–Trinajstić information content (AvgIpc) is 2.80. The number of carbonyl (C=O) groups is 3. The zero-order valence-corrected chi connectivity index (χ0v) is 13.4. The number of imide groups is 1. The number of nitrogens with one attached hydrogen (secondary N) is 2. The third-order valence-electron chi connectivity index (χ3n) is 4.15. The van der Waals surface area contributed by atoms with Crippen molar-refractivity contribution in [1.29, 1.82) is 0 Å². The molecule has 2 N–H and O–H groups in total. The number of nitrogens with zero attached hydrogens (tertiary/aromatic N) is 1. The third kappa shape index (κ3) is 2.52. The van der Waals surface area contributed by atoms with Crippen LogP contribution < -0.4 is 10.7 Å². The fraction of sp³-hybridized carbons (Fsp3) is 0.167. The van der Waals surface area contributed by atoms with Gasteiger partial charge < -0.3 is 5.32 Å². The highest BCUT2D eigenvalue weighted by Gasteiger charge is 2.50. The first-order valence-corrected chi connectivity index (χ1v) is 7.52. The summed E-state index contributed by atoms with van der Waals surface area (Å²) in [4.78, 5) is 37.3. The lowest BCUT2D eigenvalue weighted by molar-refractivity contribution is -0.132. The zero-order valence-electron chi connectivity index (χ0n) is 13.4. The van der Waals surface area contributed by atoms with E-state index in [2.05, 4.69) is 10.7 Å². The second-order valence-electron chi connectivity index (χ2n) is 5.82. The number of urea groups is 1. The largest absolute Gasteiger partial charge is 0.344 e. The zero-order chi connectivity index (χ0) is 17.3. The molecule has 6 heteroatoms. The van der Waals surface area contributed by atoms with E-state index in [1.807, 2.05) is 12.1 Å². The third-order valence-corrected chi connectivity index (χ3v) is 4.15. The van der Waals surface area contributed by atoms with Crippen LogP contribution in [-0.2, 0) is 10.3 Å². The van der Waals surface area contributed by atoms with E-state index in [0.717, 1.165) is 10.6 Å².